The number of benzene rings is 2. The summed E-state index contributed by atoms with van der Waals surface area (Å²) in [6.45, 7) is 1.20. The molecule has 3 aromatic rings. The highest BCUT2D eigenvalue weighted by Gasteiger charge is 2.27. The van der Waals surface area contributed by atoms with Crippen molar-refractivity contribution in [3.05, 3.63) is 71.4 Å². The molecule has 1 aromatic heterocycles. The molecule has 0 bridgehead atoms. The van der Waals surface area contributed by atoms with Gasteiger partial charge in [0.1, 0.15) is 17.6 Å². The van der Waals surface area contributed by atoms with E-state index in [-0.39, 0.29) is 18.5 Å². The maximum Gasteiger partial charge on any atom is 0.305 e. The summed E-state index contributed by atoms with van der Waals surface area (Å²) in [7, 11) is 0. The van der Waals surface area contributed by atoms with Crippen LogP contribution >= 0.6 is 0 Å². The summed E-state index contributed by atoms with van der Waals surface area (Å²) in [5, 5.41) is 15.1. The summed E-state index contributed by atoms with van der Waals surface area (Å²) in [5.74, 6) is -5.13. The number of rotatable bonds is 8. The second kappa shape index (κ2) is 9.38. The minimum absolute atomic E-state index is 0.161. The van der Waals surface area contributed by atoms with Crippen LogP contribution in [0.4, 0.5) is 8.78 Å². The molecule has 2 unspecified atom stereocenters. The zero-order valence-corrected chi connectivity index (χ0v) is 16.6. The molecule has 3 rings (SSSR count). The highest BCUT2D eigenvalue weighted by Crippen LogP contribution is 2.26. The Morgan fingerprint density at radius 1 is 1.06 bits per heavy atom. The first-order valence-electron chi connectivity index (χ1n) is 9.55. The van der Waals surface area contributed by atoms with Gasteiger partial charge in [0.2, 0.25) is 11.8 Å². The van der Waals surface area contributed by atoms with Crippen molar-refractivity contribution in [3.8, 4) is 0 Å². The van der Waals surface area contributed by atoms with Crippen LogP contribution in [0.3, 0.4) is 0 Å². The van der Waals surface area contributed by atoms with E-state index in [1.165, 1.54) is 6.92 Å². The summed E-state index contributed by atoms with van der Waals surface area (Å²) >= 11 is 0. The predicted octanol–water partition coefficient (Wildman–Crippen LogP) is 3.03. The smallest absolute Gasteiger partial charge is 0.305 e. The third kappa shape index (κ3) is 5.44. The van der Waals surface area contributed by atoms with Crippen LogP contribution in [0.1, 0.15) is 30.5 Å². The second-order valence-electron chi connectivity index (χ2n) is 7.17. The molecule has 2 aromatic carbocycles. The van der Waals surface area contributed by atoms with Gasteiger partial charge in [-0.15, -0.1) is 0 Å². The molecule has 1 heterocycles. The van der Waals surface area contributed by atoms with Gasteiger partial charge in [-0.1, -0.05) is 18.2 Å². The van der Waals surface area contributed by atoms with Crippen LogP contribution in [0.5, 0.6) is 0 Å². The molecule has 162 valence electrons. The van der Waals surface area contributed by atoms with Crippen molar-refractivity contribution in [1.29, 1.82) is 0 Å². The van der Waals surface area contributed by atoms with Crippen LogP contribution in [0.25, 0.3) is 10.9 Å². The van der Waals surface area contributed by atoms with Gasteiger partial charge in [0, 0.05) is 35.3 Å². The van der Waals surface area contributed by atoms with Crippen LogP contribution < -0.4 is 10.6 Å². The lowest BCUT2D eigenvalue weighted by molar-refractivity contribution is -0.138. The Kier molecular flexibility index (Phi) is 6.64. The molecule has 0 aliphatic heterocycles. The van der Waals surface area contributed by atoms with Crippen LogP contribution in [-0.2, 0) is 20.9 Å². The minimum atomic E-state index is -1.15. The fourth-order valence-corrected chi connectivity index (χ4v) is 3.27. The van der Waals surface area contributed by atoms with E-state index in [1.807, 2.05) is 12.1 Å². The fraction of sp³-hybridized carbons (Fsp3) is 0.227. The van der Waals surface area contributed by atoms with E-state index >= 15 is 0 Å². The summed E-state index contributed by atoms with van der Waals surface area (Å²) in [5.41, 5.74) is 1.59. The normalized spacial score (nSPS) is 12.9. The molecule has 0 aliphatic carbocycles. The van der Waals surface area contributed by atoms with Gasteiger partial charge in [0.25, 0.3) is 0 Å². The molecule has 0 aliphatic rings. The van der Waals surface area contributed by atoms with Crippen molar-refractivity contribution in [3.63, 3.8) is 0 Å². The molecular formula is C22H21F2N3O4. The van der Waals surface area contributed by atoms with Crippen molar-refractivity contribution in [2.24, 2.45) is 5.92 Å². The maximum atomic E-state index is 13.3. The first-order chi connectivity index (χ1) is 14.7. The number of nitrogens with one attached hydrogen (secondary N) is 3. The van der Waals surface area contributed by atoms with Gasteiger partial charge >= 0.3 is 5.97 Å². The molecule has 31 heavy (non-hydrogen) atoms. The number of aromatic nitrogens is 1. The van der Waals surface area contributed by atoms with E-state index in [9.17, 15) is 28.3 Å². The molecule has 0 saturated heterocycles. The monoisotopic (exact) mass is 429 g/mol. The molecule has 2 atom stereocenters. The largest absolute Gasteiger partial charge is 0.481 e. The predicted molar refractivity (Wildman–Crippen MR) is 109 cm³/mol. The van der Waals surface area contributed by atoms with Crippen molar-refractivity contribution in [2.45, 2.75) is 25.9 Å². The third-order valence-corrected chi connectivity index (χ3v) is 4.87. The fourth-order valence-electron chi connectivity index (χ4n) is 3.27. The van der Waals surface area contributed by atoms with Gasteiger partial charge in [0.15, 0.2) is 0 Å². The van der Waals surface area contributed by atoms with Crippen LogP contribution in [-0.4, -0.2) is 27.9 Å². The number of amides is 2. The molecule has 0 radical (unpaired) electrons. The number of hydrogen-bond donors (Lipinski definition) is 4. The number of carbonyl (C=O) groups excluding carboxylic acids is 2. The molecular weight excluding hydrogens is 408 g/mol. The highest BCUT2D eigenvalue weighted by molar-refractivity contribution is 6.00. The summed E-state index contributed by atoms with van der Waals surface area (Å²) in [6.07, 6.45) is 1.26. The number of halogens is 2. The van der Waals surface area contributed by atoms with Gasteiger partial charge < -0.3 is 20.7 Å². The first-order valence-corrected chi connectivity index (χ1v) is 9.55. The lowest BCUT2D eigenvalue weighted by atomic mass is 10.0. The summed E-state index contributed by atoms with van der Waals surface area (Å²) in [6, 6.07) is 9.26. The van der Waals surface area contributed by atoms with Gasteiger partial charge in [-0.3, -0.25) is 14.4 Å². The van der Waals surface area contributed by atoms with Crippen LogP contribution in [0.15, 0.2) is 48.7 Å². The number of carboxylic acid groups (broad SMARTS) is 1. The van der Waals surface area contributed by atoms with Gasteiger partial charge in [0.05, 0.1) is 12.5 Å². The number of hydrogen-bond acceptors (Lipinski definition) is 3. The second-order valence-corrected chi connectivity index (χ2v) is 7.17. The van der Waals surface area contributed by atoms with Gasteiger partial charge in [-0.25, -0.2) is 8.78 Å². The zero-order valence-electron chi connectivity index (χ0n) is 16.6. The van der Waals surface area contributed by atoms with E-state index in [2.05, 4.69) is 15.6 Å². The van der Waals surface area contributed by atoms with Crippen LogP contribution in [0.2, 0.25) is 0 Å². The summed E-state index contributed by atoms with van der Waals surface area (Å²) in [4.78, 5) is 39.3. The number of aliphatic carboxylic acids is 1. The Bertz CT molecular complexity index is 1110. The van der Waals surface area contributed by atoms with E-state index in [1.54, 1.807) is 18.3 Å². The average molecular weight is 429 g/mol. The molecule has 4 N–H and O–H groups in total. The summed E-state index contributed by atoms with van der Waals surface area (Å²) < 4.78 is 26.5. The third-order valence-electron chi connectivity index (χ3n) is 4.87. The Labute approximate surface area is 176 Å². The molecule has 7 nitrogen and oxygen atoms in total. The lowest BCUT2D eigenvalue weighted by Crippen LogP contribution is -2.41. The SMILES string of the molecule is CC(C(=O)NCc1cc(F)cc(F)c1)C(=O)NC(CC(=O)O)c1c[nH]c2ccccc12. The molecule has 0 saturated carbocycles. The van der Waals surface area contributed by atoms with Crippen molar-refractivity contribution in [1.82, 2.24) is 15.6 Å². The molecule has 0 spiro atoms. The van der Waals surface area contributed by atoms with Crippen LogP contribution in [0, 0.1) is 17.6 Å². The quantitative estimate of drug-likeness (QED) is 0.413. The van der Waals surface area contributed by atoms with Gasteiger partial charge in [-0.05, 0) is 30.7 Å². The minimum Gasteiger partial charge on any atom is -0.481 e. The number of carbonyl (C=O) groups is 3. The van der Waals surface area contributed by atoms with E-state index in [0.29, 0.717) is 11.6 Å². The first kappa shape index (κ1) is 21.9. The highest BCUT2D eigenvalue weighted by atomic mass is 19.1. The molecule has 9 heteroatoms. The number of H-pyrrole nitrogens is 1. The zero-order chi connectivity index (χ0) is 22.5. The van der Waals surface area contributed by atoms with E-state index in [0.717, 1.165) is 23.0 Å². The lowest BCUT2D eigenvalue weighted by Gasteiger charge is -2.19. The van der Waals surface area contributed by atoms with E-state index in [4.69, 9.17) is 0 Å². The van der Waals surface area contributed by atoms with Crippen molar-refractivity contribution in [2.75, 3.05) is 0 Å². The number of aromatic amines is 1. The molecule has 2 amide bonds. The Morgan fingerprint density at radius 2 is 1.74 bits per heavy atom. The maximum absolute atomic E-state index is 13.3. The number of carboxylic acids is 1. The Hall–Kier alpha value is -3.75. The number of para-hydroxylation sites is 1. The number of fused-ring (bicyclic) bond motifs is 1. The van der Waals surface area contributed by atoms with Crippen molar-refractivity contribution < 1.29 is 28.3 Å². The van der Waals surface area contributed by atoms with Crippen molar-refractivity contribution >= 4 is 28.7 Å². The Balaban J connectivity index is 1.69. The van der Waals surface area contributed by atoms with Gasteiger partial charge in [-0.2, -0.15) is 0 Å². The topological polar surface area (TPSA) is 111 Å². The van der Waals surface area contributed by atoms with E-state index < -0.39 is 41.4 Å². The average Bonchev–Trinajstić information content (AvgIpc) is 3.14. The Morgan fingerprint density at radius 3 is 2.42 bits per heavy atom. The standard InChI is InChI=1S/C22H21F2N3O4/c1-12(21(30)26-10-13-6-14(23)8-15(24)7-13)22(31)27-19(9-20(28)29)17-11-25-18-5-3-2-4-16(17)18/h2-8,11-12,19,25H,9-10H2,1H3,(H,26,30)(H,27,31)(H,28,29). The molecule has 0 fully saturated rings.